The molecular weight excluding hydrogens is 212 g/mol. The van der Waals surface area contributed by atoms with Crippen LogP contribution in [-0.2, 0) is 6.54 Å². The number of aromatic nitrogens is 1. The van der Waals surface area contributed by atoms with Crippen molar-refractivity contribution >= 4 is 11.6 Å². The molecule has 15 heavy (non-hydrogen) atoms. The van der Waals surface area contributed by atoms with E-state index in [-0.39, 0.29) is 0 Å². The Morgan fingerprint density at radius 2 is 2.27 bits per heavy atom. The number of oxazole rings is 1. The summed E-state index contributed by atoms with van der Waals surface area (Å²) in [4.78, 5) is 4.04. The van der Waals surface area contributed by atoms with Crippen molar-refractivity contribution in [2.75, 3.05) is 0 Å². The highest BCUT2D eigenvalue weighted by atomic mass is 35.5. The molecule has 0 unspecified atom stereocenters. The van der Waals surface area contributed by atoms with Gasteiger partial charge in [-0.25, -0.2) is 4.98 Å². The molecule has 1 aromatic heterocycles. The third-order valence-electron chi connectivity index (χ3n) is 2.25. The highest BCUT2D eigenvalue weighted by Gasteiger charge is 2.09. The van der Waals surface area contributed by atoms with Crippen molar-refractivity contribution in [3.8, 4) is 11.3 Å². The summed E-state index contributed by atoms with van der Waals surface area (Å²) in [7, 11) is 0. The first-order valence-electron chi connectivity index (χ1n) is 4.61. The van der Waals surface area contributed by atoms with Crippen molar-refractivity contribution in [3.05, 3.63) is 40.9 Å². The van der Waals surface area contributed by atoms with Crippen molar-refractivity contribution in [1.29, 1.82) is 0 Å². The second-order valence-corrected chi connectivity index (χ2v) is 3.70. The molecule has 3 nitrogen and oxygen atoms in total. The molecule has 0 spiro atoms. The van der Waals surface area contributed by atoms with E-state index in [4.69, 9.17) is 21.8 Å². The van der Waals surface area contributed by atoms with Crippen LogP contribution < -0.4 is 5.73 Å². The molecule has 2 N–H and O–H groups in total. The van der Waals surface area contributed by atoms with Gasteiger partial charge in [0, 0.05) is 17.1 Å². The summed E-state index contributed by atoms with van der Waals surface area (Å²) in [6, 6.07) is 5.70. The zero-order valence-corrected chi connectivity index (χ0v) is 9.08. The molecule has 0 aliphatic heterocycles. The molecule has 0 saturated carbocycles. The lowest BCUT2D eigenvalue weighted by atomic mass is 10.1. The highest BCUT2D eigenvalue weighted by molar-refractivity contribution is 6.31. The number of benzene rings is 1. The molecule has 0 saturated heterocycles. The number of nitrogens with two attached hydrogens (primary N) is 1. The van der Waals surface area contributed by atoms with Crippen LogP contribution in [0.3, 0.4) is 0 Å². The lowest BCUT2D eigenvalue weighted by Crippen LogP contribution is -1.98. The summed E-state index contributed by atoms with van der Waals surface area (Å²) in [5, 5.41) is 0.743. The van der Waals surface area contributed by atoms with E-state index in [1.54, 1.807) is 0 Å². The molecule has 0 fully saturated rings. The topological polar surface area (TPSA) is 52.0 Å². The maximum absolute atomic E-state index is 5.94. The molecule has 1 aromatic carbocycles. The summed E-state index contributed by atoms with van der Waals surface area (Å²) < 4.78 is 5.30. The number of aryl methyl sites for hydroxylation is 1. The van der Waals surface area contributed by atoms with Crippen LogP contribution in [0.2, 0.25) is 5.02 Å². The predicted molar refractivity (Wildman–Crippen MR) is 59.6 cm³/mol. The van der Waals surface area contributed by atoms with Gasteiger partial charge >= 0.3 is 0 Å². The molecule has 78 valence electrons. The Bertz CT molecular complexity index is 479. The van der Waals surface area contributed by atoms with Crippen LogP contribution >= 0.6 is 11.6 Å². The van der Waals surface area contributed by atoms with Gasteiger partial charge in [0.25, 0.3) is 0 Å². The summed E-state index contributed by atoms with van der Waals surface area (Å²) in [6.45, 7) is 2.32. The lowest BCUT2D eigenvalue weighted by molar-refractivity contribution is 0.571. The molecule has 2 rings (SSSR count). The normalized spacial score (nSPS) is 10.6. The first kappa shape index (κ1) is 10.2. The maximum atomic E-state index is 5.94. The van der Waals surface area contributed by atoms with Gasteiger partial charge in [-0.15, -0.1) is 0 Å². The average molecular weight is 223 g/mol. The zero-order chi connectivity index (χ0) is 10.8. The monoisotopic (exact) mass is 222 g/mol. The van der Waals surface area contributed by atoms with E-state index >= 15 is 0 Å². The Hall–Kier alpha value is -1.32. The van der Waals surface area contributed by atoms with Crippen LogP contribution in [0.1, 0.15) is 11.3 Å². The molecule has 0 aliphatic rings. The highest BCUT2D eigenvalue weighted by Crippen LogP contribution is 2.26. The van der Waals surface area contributed by atoms with E-state index in [0.29, 0.717) is 6.54 Å². The van der Waals surface area contributed by atoms with Crippen molar-refractivity contribution in [1.82, 2.24) is 4.98 Å². The Kier molecular flexibility index (Phi) is 2.75. The number of hydrogen-bond acceptors (Lipinski definition) is 3. The van der Waals surface area contributed by atoms with Crippen LogP contribution in [0.25, 0.3) is 11.3 Å². The Balaban J connectivity index is 2.50. The molecule has 0 aliphatic carbocycles. The molecule has 2 aromatic rings. The second-order valence-electron chi connectivity index (χ2n) is 3.30. The standard InChI is InChI=1S/C11H11ClN2O/c1-7-4-8(2-3-9(7)12)11-10(5-13)14-6-15-11/h2-4,6H,5,13H2,1H3. The minimum absolute atomic E-state index is 0.369. The molecule has 0 radical (unpaired) electrons. The van der Waals surface area contributed by atoms with E-state index in [1.165, 1.54) is 6.39 Å². The van der Waals surface area contributed by atoms with Gasteiger partial charge in [-0.1, -0.05) is 11.6 Å². The van der Waals surface area contributed by atoms with Gasteiger partial charge in [0.15, 0.2) is 12.2 Å². The Labute approximate surface area is 92.9 Å². The minimum atomic E-state index is 0.369. The maximum Gasteiger partial charge on any atom is 0.181 e. The van der Waals surface area contributed by atoms with Crippen molar-refractivity contribution in [3.63, 3.8) is 0 Å². The average Bonchev–Trinajstić information content (AvgIpc) is 2.70. The van der Waals surface area contributed by atoms with Crippen LogP contribution in [-0.4, -0.2) is 4.98 Å². The van der Waals surface area contributed by atoms with Crippen molar-refractivity contribution in [2.24, 2.45) is 5.73 Å². The molecular formula is C11H11ClN2O. The fourth-order valence-electron chi connectivity index (χ4n) is 1.44. The van der Waals surface area contributed by atoms with Gasteiger partial charge in [-0.2, -0.15) is 0 Å². The van der Waals surface area contributed by atoms with E-state index in [1.807, 2.05) is 25.1 Å². The fourth-order valence-corrected chi connectivity index (χ4v) is 1.55. The van der Waals surface area contributed by atoms with E-state index < -0.39 is 0 Å². The number of halogens is 1. The van der Waals surface area contributed by atoms with Gasteiger partial charge in [-0.3, -0.25) is 0 Å². The Morgan fingerprint density at radius 3 is 2.93 bits per heavy atom. The SMILES string of the molecule is Cc1cc(-c2ocnc2CN)ccc1Cl. The van der Waals surface area contributed by atoms with Crippen LogP contribution in [0.5, 0.6) is 0 Å². The van der Waals surface area contributed by atoms with E-state index in [2.05, 4.69) is 4.98 Å². The molecule has 1 heterocycles. The first-order valence-corrected chi connectivity index (χ1v) is 4.99. The summed E-state index contributed by atoms with van der Waals surface area (Å²) in [6.07, 6.45) is 1.40. The fraction of sp³-hybridized carbons (Fsp3) is 0.182. The number of nitrogens with zero attached hydrogens (tertiary/aromatic N) is 1. The van der Waals surface area contributed by atoms with E-state index in [9.17, 15) is 0 Å². The van der Waals surface area contributed by atoms with Crippen LogP contribution in [0.15, 0.2) is 29.0 Å². The van der Waals surface area contributed by atoms with Crippen molar-refractivity contribution in [2.45, 2.75) is 13.5 Å². The number of rotatable bonds is 2. The van der Waals surface area contributed by atoms with Crippen molar-refractivity contribution < 1.29 is 4.42 Å². The molecule has 4 heteroatoms. The van der Waals surface area contributed by atoms with Crippen LogP contribution in [0.4, 0.5) is 0 Å². The predicted octanol–water partition coefficient (Wildman–Crippen LogP) is 2.76. The van der Waals surface area contributed by atoms with Crippen LogP contribution in [0, 0.1) is 6.92 Å². The number of hydrogen-bond donors (Lipinski definition) is 1. The molecule has 0 atom stereocenters. The van der Waals surface area contributed by atoms with Gasteiger partial charge < -0.3 is 10.2 Å². The first-order chi connectivity index (χ1) is 7.22. The zero-order valence-electron chi connectivity index (χ0n) is 8.33. The van der Waals surface area contributed by atoms with E-state index in [0.717, 1.165) is 27.6 Å². The summed E-state index contributed by atoms with van der Waals surface area (Å²) in [5.74, 6) is 0.720. The third kappa shape index (κ3) is 1.89. The van der Waals surface area contributed by atoms with Gasteiger partial charge in [-0.05, 0) is 30.7 Å². The summed E-state index contributed by atoms with van der Waals surface area (Å²) in [5.41, 5.74) is 8.27. The Morgan fingerprint density at radius 1 is 1.47 bits per heavy atom. The van der Waals surface area contributed by atoms with Gasteiger partial charge in [0.1, 0.15) is 5.69 Å². The molecule has 0 amide bonds. The lowest BCUT2D eigenvalue weighted by Gasteiger charge is -2.02. The van der Waals surface area contributed by atoms with Gasteiger partial charge in [0.2, 0.25) is 0 Å². The summed E-state index contributed by atoms with van der Waals surface area (Å²) >= 11 is 5.94. The molecule has 0 bridgehead atoms. The third-order valence-corrected chi connectivity index (χ3v) is 2.68. The smallest absolute Gasteiger partial charge is 0.181 e. The second kappa shape index (κ2) is 4.04. The quantitative estimate of drug-likeness (QED) is 0.850. The largest absolute Gasteiger partial charge is 0.443 e. The van der Waals surface area contributed by atoms with Gasteiger partial charge in [0.05, 0.1) is 0 Å². The minimum Gasteiger partial charge on any atom is -0.443 e.